The number of carbonyl (C=O) groups is 3. The average molecular weight is 303 g/mol. The Labute approximate surface area is 129 Å². The van der Waals surface area contributed by atoms with Gasteiger partial charge in [0.05, 0.1) is 6.42 Å². The van der Waals surface area contributed by atoms with Gasteiger partial charge in [0, 0.05) is 18.8 Å². The molecule has 3 amide bonds. The Kier molecular flexibility index (Phi) is 5.14. The lowest BCUT2D eigenvalue weighted by Crippen LogP contribution is -2.43. The molecule has 0 unspecified atom stereocenters. The summed E-state index contributed by atoms with van der Waals surface area (Å²) in [5, 5.41) is 2.58. The van der Waals surface area contributed by atoms with Gasteiger partial charge >= 0.3 is 11.8 Å². The number of likely N-dealkylation sites (tertiary alicyclic amines) is 1. The monoisotopic (exact) mass is 303 g/mol. The van der Waals surface area contributed by atoms with Crippen molar-refractivity contribution < 1.29 is 14.4 Å². The molecule has 1 aliphatic rings. The van der Waals surface area contributed by atoms with Crippen LogP contribution in [0.2, 0.25) is 0 Å². The van der Waals surface area contributed by atoms with Crippen LogP contribution in [0.5, 0.6) is 0 Å². The number of carbonyl (C=O) groups excluding carboxylic acids is 3. The zero-order chi connectivity index (χ0) is 16.1. The Bertz CT molecular complexity index is 561. The lowest BCUT2D eigenvalue weighted by molar-refractivity contribution is -0.144. The van der Waals surface area contributed by atoms with Crippen molar-refractivity contribution in [3.63, 3.8) is 0 Å². The minimum atomic E-state index is -0.628. The van der Waals surface area contributed by atoms with E-state index < -0.39 is 17.7 Å². The van der Waals surface area contributed by atoms with Crippen molar-refractivity contribution in [1.82, 2.24) is 4.90 Å². The zero-order valence-electron chi connectivity index (χ0n) is 12.7. The van der Waals surface area contributed by atoms with Gasteiger partial charge in [0.25, 0.3) is 0 Å². The fourth-order valence-electron chi connectivity index (χ4n) is 2.45. The van der Waals surface area contributed by atoms with Crippen molar-refractivity contribution >= 4 is 23.4 Å². The number of nitrogens with two attached hydrogens (primary N) is 1. The molecule has 0 spiro atoms. The van der Waals surface area contributed by atoms with Crippen LogP contribution in [0.4, 0.5) is 5.69 Å². The summed E-state index contributed by atoms with van der Waals surface area (Å²) in [4.78, 5) is 36.5. The highest BCUT2D eigenvalue weighted by Gasteiger charge is 2.25. The molecule has 118 valence electrons. The summed E-state index contributed by atoms with van der Waals surface area (Å²) in [6.07, 6.45) is 2.01. The number of anilines is 1. The first-order valence-corrected chi connectivity index (χ1v) is 7.43. The topological polar surface area (TPSA) is 92.5 Å². The average Bonchev–Trinajstić information content (AvgIpc) is 2.49. The van der Waals surface area contributed by atoms with Crippen LogP contribution in [0.15, 0.2) is 24.3 Å². The third kappa shape index (κ3) is 4.31. The SMILES string of the molecule is CC1CCN(C(=O)C(=O)Nc2ccc(CC(N)=O)cc2)CC1. The summed E-state index contributed by atoms with van der Waals surface area (Å²) >= 11 is 0. The number of hydrogen-bond acceptors (Lipinski definition) is 3. The molecule has 2 rings (SSSR count). The van der Waals surface area contributed by atoms with Crippen molar-refractivity contribution in [2.24, 2.45) is 11.7 Å². The van der Waals surface area contributed by atoms with Crippen molar-refractivity contribution in [2.75, 3.05) is 18.4 Å². The predicted molar refractivity (Wildman–Crippen MR) is 82.9 cm³/mol. The Hall–Kier alpha value is -2.37. The molecule has 22 heavy (non-hydrogen) atoms. The number of rotatable bonds is 3. The second-order valence-corrected chi connectivity index (χ2v) is 5.77. The normalized spacial score (nSPS) is 15.4. The zero-order valence-corrected chi connectivity index (χ0v) is 12.7. The van der Waals surface area contributed by atoms with E-state index >= 15 is 0 Å². The third-order valence-electron chi connectivity index (χ3n) is 3.86. The number of piperidine rings is 1. The Balaban J connectivity index is 1.91. The van der Waals surface area contributed by atoms with E-state index in [0.717, 1.165) is 18.4 Å². The molecule has 1 saturated heterocycles. The van der Waals surface area contributed by atoms with Gasteiger partial charge in [0.1, 0.15) is 0 Å². The number of benzene rings is 1. The molecule has 6 nitrogen and oxygen atoms in total. The first-order chi connectivity index (χ1) is 10.5. The van der Waals surface area contributed by atoms with E-state index in [4.69, 9.17) is 5.73 Å². The van der Waals surface area contributed by atoms with Gasteiger partial charge in [-0.2, -0.15) is 0 Å². The fourth-order valence-corrected chi connectivity index (χ4v) is 2.45. The number of primary amides is 1. The van der Waals surface area contributed by atoms with E-state index in [1.165, 1.54) is 0 Å². The molecular weight excluding hydrogens is 282 g/mol. The molecule has 1 aromatic carbocycles. The van der Waals surface area contributed by atoms with Gasteiger partial charge in [-0.3, -0.25) is 14.4 Å². The molecular formula is C16H21N3O3. The minimum absolute atomic E-state index is 0.152. The van der Waals surface area contributed by atoms with Gasteiger partial charge in [-0.05, 0) is 36.5 Å². The van der Waals surface area contributed by atoms with Crippen molar-refractivity contribution in [1.29, 1.82) is 0 Å². The molecule has 0 saturated carbocycles. The predicted octanol–water partition coefficient (Wildman–Crippen LogP) is 0.911. The van der Waals surface area contributed by atoms with Crippen molar-refractivity contribution in [3.8, 4) is 0 Å². The Morgan fingerprint density at radius 2 is 1.77 bits per heavy atom. The molecule has 6 heteroatoms. The molecule has 0 radical (unpaired) electrons. The van der Waals surface area contributed by atoms with Gasteiger partial charge in [-0.15, -0.1) is 0 Å². The van der Waals surface area contributed by atoms with Gasteiger partial charge < -0.3 is 16.0 Å². The van der Waals surface area contributed by atoms with Crippen LogP contribution in [0, 0.1) is 5.92 Å². The Morgan fingerprint density at radius 3 is 2.32 bits per heavy atom. The molecule has 0 bridgehead atoms. The van der Waals surface area contributed by atoms with Crippen LogP contribution in [0.1, 0.15) is 25.3 Å². The molecule has 0 aliphatic carbocycles. The number of amides is 3. The summed E-state index contributed by atoms with van der Waals surface area (Å²) < 4.78 is 0. The van der Waals surface area contributed by atoms with Crippen LogP contribution in [0.3, 0.4) is 0 Å². The number of nitrogens with one attached hydrogen (secondary N) is 1. The lowest BCUT2D eigenvalue weighted by atomic mass is 9.99. The van der Waals surface area contributed by atoms with E-state index in [0.29, 0.717) is 24.7 Å². The van der Waals surface area contributed by atoms with Gasteiger partial charge in [-0.1, -0.05) is 19.1 Å². The summed E-state index contributed by atoms with van der Waals surface area (Å²) in [5.74, 6) is -0.929. The van der Waals surface area contributed by atoms with E-state index in [9.17, 15) is 14.4 Å². The van der Waals surface area contributed by atoms with E-state index in [2.05, 4.69) is 12.2 Å². The van der Waals surface area contributed by atoms with Gasteiger partial charge in [-0.25, -0.2) is 0 Å². The van der Waals surface area contributed by atoms with Gasteiger partial charge in [0.15, 0.2) is 0 Å². The lowest BCUT2D eigenvalue weighted by Gasteiger charge is -2.29. The molecule has 1 fully saturated rings. The number of hydrogen-bond donors (Lipinski definition) is 2. The maximum Gasteiger partial charge on any atom is 0.313 e. The first-order valence-electron chi connectivity index (χ1n) is 7.43. The summed E-state index contributed by atoms with van der Waals surface area (Å²) in [7, 11) is 0. The van der Waals surface area contributed by atoms with E-state index in [1.54, 1.807) is 29.2 Å². The maximum atomic E-state index is 12.1. The fraction of sp³-hybridized carbons (Fsp3) is 0.438. The first kappa shape index (κ1) is 16.0. The van der Waals surface area contributed by atoms with Crippen LogP contribution >= 0.6 is 0 Å². The summed E-state index contributed by atoms with van der Waals surface area (Å²) in [5.41, 5.74) is 6.41. The van der Waals surface area contributed by atoms with E-state index in [1.807, 2.05) is 0 Å². The summed E-state index contributed by atoms with van der Waals surface area (Å²) in [6.45, 7) is 3.41. The van der Waals surface area contributed by atoms with Crippen LogP contribution in [-0.2, 0) is 20.8 Å². The standard InChI is InChI=1S/C16H21N3O3/c1-11-6-8-19(9-7-11)16(22)15(21)18-13-4-2-12(3-5-13)10-14(17)20/h2-5,11H,6-10H2,1H3,(H2,17,20)(H,18,21). The largest absolute Gasteiger partial charge is 0.369 e. The second-order valence-electron chi connectivity index (χ2n) is 5.77. The minimum Gasteiger partial charge on any atom is -0.369 e. The van der Waals surface area contributed by atoms with Crippen LogP contribution < -0.4 is 11.1 Å². The van der Waals surface area contributed by atoms with Crippen LogP contribution in [0.25, 0.3) is 0 Å². The molecule has 0 aromatic heterocycles. The maximum absolute atomic E-state index is 12.1. The molecule has 1 aromatic rings. The molecule has 0 atom stereocenters. The third-order valence-corrected chi connectivity index (χ3v) is 3.86. The van der Waals surface area contributed by atoms with Crippen molar-refractivity contribution in [2.45, 2.75) is 26.2 Å². The highest BCUT2D eigenvalue weighted by Crippen LogP contribution is 2.16. The Morgan fingerprint density at radius 1 is 1.18 bits per heavy atom. The quantitative estimate of drug-likeness (QED) is 0.813. The van der Waals surface area contributed by atoms with Crippen molar-refractivity contribution in [3.05, 3.63) is 29.8 Å². The van der Waals surface area contributed by atoms with Gasteiger partial charge in [0.2, 0.25) is 5.91 Å². The van der Waals surface area contributed by atoms with Crippen LogP contribution in [-0.4, -0.2) is 35.7 Å². The molecule has 1 aliphatic heterocycles. The van der Waals surface area contributed by atoms with E-state index in [-0.39, 0.29) is 6.42 Å². The smallest absolute Gasteiger partial charge is 0.313 e. The molecule has 1 heterocycles. The highest BCUT2D eigenvalue weighted by atomic mass is 16.2. The number of nitrogens with zero attached hydrogens (tertiary/aromatic N) is 1. The molecule has 3 N–H and O–H groups in total. The highest BCUT2D eigenvalue weighted by molar-refractivity contribution is 6.39. The summed E-state index contributed by atoms with van der Waals surface area (Å²) in [6, 6.07) is 6.71. The second kappa shape index (κ2) is 7.06.